The summed E-state index contributed by atoms with van der Waals surface area (Å²) in [5, 5.41) is 19.3. The van der Waals surface area contributed by atoms with E-state index in [0.717, 1.165) is 24.0 Å². The van der Waals surface area contributed by atoms with E-state index in [1.165, 1.54) is 0 Å². The van der Waals surface area contributed by atoms with Crippen molar-refractivity contribution in [3.63, 3.8) is 0 Å². The van der Waals surface area contributed by atoms with Crippen molar-refractivity contribution in [2.75, 3.05) is 0 Å². The van der Waals surface area contributed by atoms with Gasteiger partial charge in [-0.25, -0.2) is 0 Å². The zero-order valence-electron chi connectivity index (χ0n) is 10.4. The maximum absolute atomic E-state index is 4.08. The van der Waals surface area contributed by atoms with Gasteiger partial charge in [0.15, 0.2) is 0 Å². The van der Waals surface area contributed by atoms with Crippen LogP contribution in [0.4, 0.5) is 0 Å². The zero-order chi connectivity index (χ0) is 12.3. The van der Waals surface area contributed by atoms with Gasteiger partial charge >= 0.3 is 0 Å². The summed E-state index contributed by atoms with van der Waals surface area (Å²) in [5.41, 5.74) is 0. The second kappa shape index (κ2) is 5.05. The number of aryl methyl sites for hydroxylation is 2. The Hall–Kier alpha value is -1.76. The van der Waals surface area contributed by atoms with Gasteiger partial charge < -0.3 is 14.5 Å². The number of nitrogens with one attached hydrogen (secondary N) is 1. The third kappa shape index (κ3) is 2.50. The van der Waals surface area contributed by atoms with Crippen molar-refractivity contribution < 1.29 is 0 Å². The second-order valence-corrected chi connectivity index (χ2v) is 3.86. The number of rotatable bonds is 5. The maximum atomic E-state index is 4.08. The standard InChI is InChI=1S/C10H17N7/c1-4-17-7-12-14-10(17)6-11-5-9-15-13-8(2)16(9)3/h7,11H,4-6H2,1-3H3. The molecular formula is C10H17N7. The molecule has 0 radical (unpaired) electrons. The Morgan fingerprint density at radius 1 is 1.18 bits per heavy atom. The van der Waals surface area contributed by atoms with E-state index in [0.29, 0.717) is 13.1 Å². The van der Waals surface area contributed by atoms with Crippen LogP contribution in [0.25, 0.3) is 0 Å². The fraction of sp³-hybridized carbons (Fsp3) is 0.600. The topological polar surface area (TPSA) is 73.5 Å². The summed E-state index contributed by atoms with van der Waals surface area (Å²) in [4.78, 5) is 0. The fourth-order valence-electron chi connectivity index (χ4n) is 1.57. The third-order valence-corrected chi connectivity index (χ3v) is 2.79. The molecule has 92 valence electrons. The average molecular weight is 235 g/mol. The Labute approximate surface area is 99.9 Å². The lowest BCUT2D eigenvalue weighted by molar-refractivity contribution is 0.586. The molecule has 2 rings (SSSR count). The number of nitrogens with zero attached hydrogens (tertiary/aromatic N) is 6. The quantitative estimate of drug-likeness (QED) is 0.791. The number of hydrogen-bond donors (Lipinski definition) is 1. The minimum atomic E-state index is 0.675. The van der Waals surface area contributed by atoms with Crippen molar-refractivity contribution in [1.29, 1.82) is 0 Å². The highest BCUT2D eigenvalue weighted by Gasteiger charge is 2.06. The van der Waals surface area contributed by atoms with E-state index >= 15 is 0 Å². The SMILES string of the molecule is CCn1cnnc1CNCc1nnc(C)n1C. The third-order valence-electron chi connectivity index (χ3n) is 2.79. The molecule has 0 saturated heterocycles. The summed E-state index contributed by atoms with van der Waals surface area (Å²) in [6.45, 7) is 6.24. The lowest BCUT2D eigenvalue weighted by atomic mass is 10.5. The zero-order valence-corrected chi connectivity index (χ0v) is 10.4. The lowest BCUT2D eigenvalue weighted by Gasteiger charge is -2.05. The van der Waals surface area contributed by atoms with Crippen LogP contribution in [0.3, 0.4) is 0 Å². The molecule has 7 nitrogen and oxygen atoms in total. The molecule has 0 aliphatic carbocycles. The first kappa shape index (κ1) is 11.7. The molecule has 0 unspecified atom stereocenters. The Morgan fingerprint density at radius 3 is 2.59 bits per heavy atom. The van der Waals surface area contributed by atoms with Gasteiger partial charge in [0, 0.05) is 13.6 Å². The van der Waals surface area contributed by atoms with Crippen molar-refractivity contribution in [2.24, 2.45) is 7.05 Å². The van der Waals surface area contributed by atoms with Crippen LogP contribution in [0.15, 0.2) is 6.33 Å². The van der Waals surface area contributed by atoms with Crippen LogP contribution in [0, 0.1) is 6.92 Å². The van der Waals surface area contributed by atoms with Crippen LogP contribution in [-0.4, -0.2) is 29.5 Å². The second-order valence-electron chi connectivity index (χ2n) is 3.86. The normalized spacial score (nSPS) is 11.0. The maximum Gasteiger partial charge on any atom is 0.146 e. The molecule has 0 aliphatic rings. The van der Waals surface area contributed by atoms with Gasteiger partial charge in [0.05, 0.1) is 13.1 Å². The van der Waals surface area contributed by atoms with Crippen molar-refractivity contribution >= 4 is 0 Å². The highest BCUT2D eigenvalue weighted by atomic mass is 15.3. The van der Waals surface area contributed by atoms with Gasteiger partial charge in [-0.05, 0) is 13.8 Å². The smallest absolute Gasteiger partial charge is 0.146 e. The van der Waals surface area contributed by atoms with Gasteiger partial charge in [0.1, 0.15) is 23.8 Å². The van der Waals surface area contributed by atoms with Gasteiger partial charge in [-0.3, -0.25) is 0 Å². The number of hydrogen-bond acceptors (Lipinski definition) is 5. The predicted octanol–water partition coefficient (Wildman–Crippen LogP) is 0.0247. The van der Waals surface area contributed by atoms with Crippen molar-refractivity contribution in [3.05, 3.63) is 23.8 Å². The van der Waals surface area contributed by atoms with Crippen molar-refractivity contribution in [1.82, 2.24) is 34.8 Å². The van der Waals surface area contributed by atoms with Gasteiger partial charge in [0.25, 0.3) is 0 Å². The molecule has 2 aromatic heterocycles. The van der Waals surface area contributed by atoms with E-state index < -0.39 is 0 Å². The molecule has 0 atom stereocenters. The summed E-state index contributed by atoms with van der Waals surface area (Å²) >= 11 is 0. The molecule has 0 fully saturated rings. The Balaban J connectivity index is 1.90. The Morgan fingerprint density at radius 2 is 1.94 bits per heavy atom. The van der Waals surface area contributed by atoms with Gasteiger partial charge in [-0.1, -0.05) is 0 Å². The van der Waals surface area contributed by atoms with Crippen LogP contribution in [0.2, 0.25) is 0 Å². The monoisotopic (exact) mass is 235 g/mol. The molecule has 0 aromatic carbocycles. The molecule has 0 amide bonds. The number of aromatic nitrogens is 6. The largest absolute Gasteiger partial charge is 0.317 e. The van der Waals surface area contributed by atoms with Crippen LogP contribution >= 0.6 is 0 Å². The molecule has 0 saturated carbocycles. The molecule has 2 aromatic rings. The average Bonchev–Trinajstić information content (AvgIpc) is 2.90. The van der Waals surface area contributed by atoms with Crippen LogP contribution in [-0.2, 0) is 26.7 Å². The van der Waals surface area contributed by atoms with E-state index in [1.54, 1.807) is 6.33 Å². The minimum Gasteiger partial charge on any atom is -0.317 e. The van der Waals surface area contributed by atoms with Gasteiger partial charge in [0.2, 0.25) is 0 Å². The van der Waals surface area contributed by atoms with Gasteiger partial charge in [-0.15, -0.1) is 20.4 Å². The van der Waals surface area contributed by atoms with Crippen molar-refractivity contribution in [2.45, 2.75) is 33.5 Å². The summed E-state index contributed by atoms with van der Waals surface area (Å²) in [7, 11) is 1.96. The Bertz CT molecular complexity index is 485. The predicted molar refractivity (Wildman–Crippen MR) is 62.0 cm³/mol. The van der Waals surface area contributed by atoms with E-state index in [1.807, 2.05) is 23.1 Å². The van der Waals surface area contributed by atoms with E-state index in [9.17, 15) is 0 Å². The Kier molecular flexibility index (Phi) is 3.48. The summed E-state index contributed by atoms with van der Waals surface area (Å²) < 4.78 is 3.98. The van der Waals surface area contributed by atoms with Crippen LogP contribution in [0.5, 0.6) is 0 Å². The molecule has 0 bridgehead atoms. The molecule has 1 N–H and O–H groups in total. The lowest BCUT2D eigenvalue weighted by Crippen LogP contribution is -2.18. The first-order valence-corrected chi connectivity index (χ1v) is 5.64. The summed E-state index contributed by atoms with van der Waals surface area (Å²) in [5.74, 6) is 2.77. The molecule has 0 aliphatic heterocycles. The van der Waals surface area contributed by atoms with Gasteiger partial charge in [-0.2, -0.15) is 0 Å². The molecule has 2 heterocycles. The van der Waals surface area contributed by atoms with Crippen LogP contribution in [0.1, 0.15) is 24.4 Å². The summed E-state index contributed by atoms with van der Waals surface area (Å²) in [6.07, 6.45) is 1.74. The molecule has 17 heavy (non-hydrogen) atoms. The van der Waals surface area contributed by atoms with Crippen LogP contribution < -0.4 is 5.32 Å². The fourth-order valence-corrected chi connectivity index (χ4v) is 1.57. The highest BCUT2D eigenvalue weighted by Crippen LogP contribution is 1.98. The van der Waals surface area contributed by atoms with Crippen molar-refractivity contribution in [3.8, 4) is 0 Å². The molecule has 0 spiro atoms. The highest BCUT2D eigenvalue weighted by molar-refractivity contribution is 4.93. The molecule has 7 heteroatoms. The van der Waals surface area contributed by atoms with E-state index in [-0.39, 0.29) is 0 Å². The summed E-state index contributed by atoms with van der Waals surface area (Å²) in [6, 6.07) is 0. The molecular weight excluding hydrogens is 218 g/mol. The first-order chi connectivity index (χ1) is 8.22. The first-order valence-electron chi connectivity index (χ1n) is 5.64. The minimum absolute atomic E-state index is 0.675. The van der Waals surface area contributed by atoms with E-state index in [2.05, 4.69) is 32.6 Å². The van der Waals surface area contributed by atoms with E-state index in [4.69, 9.17) is 0 Å².